The Morgan fingerprint density at radius 3 is 1.59 bits per heavy atom. The molecule has 1 aliphatic rings. The van der Waals surface area contributed by atoms with Crippen molar-refractivity contribution in [3.63, 3.8) is 0 Å². The van der Waals surface area contributed by atoms with Gasteiger partial charge < -0.3 is 20.1 Å². The highest BCUT2D eigenvalue weighted by molar-refractivity contribution is 5.96. The fourth-order valence-electron chi connectivity index (χ4n) is 5.50. The van der Waals surface area contributed by atoms with Gasteiger partial charge in [0.25, 0.3) is 0 Å². The van der Waals surface area contributed by atoms with E-state index < -0.39 is 0 Å². The van der Waals surface area contributed by atoms with E-state index in [1.54, 1.807) is 36.4 Å². The van der Waals surface area contributed by atoms with Gasteiger partial charge in [-0.2, -0.15) is 0 Å². The summed E-state index contributed by atoms with van der Waals surface area (Å²) in [5, 5.41) is 35.5. The SMILES string of the molecule is C=CCc1cc2ccc3c(c2cc1O)C(c1ccc(O)cc1)c1c(ccc2cc(CC=C)c(O)cc12)O3. The van der Waals surface area contributed by atoms with Gasteiger partial charge in [-0.25, -0.2) is 0 Å². The summed E-state index contributed by atoms with van der Waals surface area (Å²) in [5.41, 5.74) is 4.45. The summed E-state index contributed by atoms with van der Waals surface area (Å²) in [7, 11) is 0. The van der Waals surface area contributed by atoms with Crippen molar-refractivity contribution in [1.82, 2.24) is 0 Å². The van der Waals surface area contributed by atoms with E-state index in [1.807, 2.05) is 48.5 Å². The topological polar surface area (TPSA) is 69.9 Å². The first-order valence-electron chi connectivity index (χ1n) is 12.2. The fourth-order valence-corrected chi connectivity index (χ4v) is 5.50. The molecule has 182 valence electrons. The van der Waals surface area contributed by atoms with E-state index in [1.165, 1.54) is 0 Å². The van der Waals surface area contributed by atoms with Crippen LogP contribution in [0.3, 0.4) is 0 Å². The van der Waals surface area contributed by atoms with Crippen LogP contribution in [0.25, 0.3) is 21.5 Å². The number of ether oxygens (including phenoxy) is 1. The van der Waals surface area contributed by atoms with Crippen LogP contribution in [-0.2, 0) is 12.8 Å². The van der Waals surface area contributed by atoms with E-state index in [0.29, 0.717) is 24.3 Å². The zero-order chi connectivity index (χ0) is 25.7. The van der Waals surface area contributed by atoms with Crippen molar-refractivity contribution in [3.05, 3.63) is 126 Å². The minimum Gasteiger partial charge on any atom is -0.508 e. The maximum atomic E-state index is 10.9. The smallest absolute Gasteiger partial charge is 0.132 e. The molecule has 0 unspecified atom stereocenters. The van der Waals surface area contributed by atoms with Gasteiger partial charge in [0.1, 0.15) is 28.7 Å². The van der Waals surface area contributed by atoms with Crippen LogP contribution < -0.4 is 4.74 Å². The van der Waals surface area contributed by atoms with Crippen LogP contribution in [-0.4, -0.2) is 15.3 Å². The lowest BCUT2D eigenvalue weighted by Gasteiger charge is -2.31. The summed E-state index contributed by atoms with van der Waals surface area (Å²) < 4.78 is 6.46. The monoisotopic (exact) mass is 486 g/mol. The molecule has 6 rings (SSSR count). The van der Waals surface area contributed by atoms with Crippen molar-refractivity contribution < 1.29 is 20.1 Å². The summed E-state index contributed by atoms with van der Waals surface area (Å²) >= 11 is 0. The molecule has 4 heteroatoms. The molecular formula is C33H26O4. The molecule has 0 fully saturated rings. The van der Waals surface area contributed by atoms with E-state index in [2.05, 4.69) is 13.2 Å². The zero-order valence-corrected chi connectivity index (χ0v) is 20.2. The Hall–Kier alpha value is -4.70. The van der Waals surface area contributed by atoms with E-state index in [0.717, 1.165) is 49.4 Å². The highest BCUT2D eigenvalue weighted by atomic mass is 16.5. The summed E-state index contributed by atoms with van der Waals surface area (Å²) in [6.45, 7) is 7.62. The highest BCUT2D eigenvalue weighted by Crippen LogP contribution is 2.53. The second kappa shape index (κ2) is 8.75. The van der Waals surface area contributed by atoms with Gasteiger partial charge in [-0.1, -0.05) is 36.4 Å². The first kappa shape index (κ1) is 22.7. The first-order valence-corrected chi connectivity index (χ1v) is 12.2. The Labute approximate surface area is 215 Å². The van der Waals surface area contributed by atoms with Crippen molar-refractivity contribution >= 4 is 21.5 Å². The van der Waals surface area contributed by atoms with Gasteiger partial charge in [0.05, 0.1) is 0 Å². The summed E-state index contributed by atoms with van der Waals surface area (Å²) in [5.74, 6) is 1.76. The van der Waals surface area contributed by atoms with Gasteiger partial charge in [-0.3, -0.25) is 0 Å². The van der Waals surface area contributed by atoms with Crippen molar-refractivity contribution in [2.45, 2.75) is 18.8 Å². The molecule has 1 aliphatic heterocycles. The van der Waals surface area contributed by atoms with Crippen molar-refractivity contribution in [2.24, 2.45) is 0 Å². The summed E-state index contributed by atoms with van der Waals surface area (Å²) in [4.78, 5) is 0. The molecule has 0 saturated carbocycles. The van der Waals surface area contributed by atoms with E-state index >= 15 is 0 Å². The van der Waals surface area contributed by atoms with Crippen molar-refractivity contribution in [1.29, 1.82) is 0 Å². The number of phenols is 3. The van der Waals surface area contributed by atoms with Crippen LogP contribution in [0.1, 0.15) is 33.7 Å². The van der Waals surface area contributed by atoms with E-state index in [-0.39, 0.29) is 23.2 Å². The molecule has 5 aromatic carbocycles. The zero-order valence-electron chi connectivity index (χ0n) is 20.2. The molecule has 0 spiro atoms. The first-order chi connectivity index (χ1) is 18.0. The third kappa shape index (κ3) is 3.69. The number of phenolic OH excluding ortho intramolecular Hbond substituents is 3. The molecule has 37 heavy (non-hydrogen) atoms. The van der Waals surface area contributed by atoms with Crippen LogP contribution in [0.2, 0.25) is 0 Å². The number of hydrogen-bond acceptors (Lipinski definition) is 4. The molecule has 0 atom stereocenters. The lowest BCUT2D eigenvalue weighted by molar-refractivity contribution is 0.455. The molecule has 0 amide bonds. The number of rotatable bonds is 5. The van der Waals surface area contributed by atoms with Crippen molar-refractivity contribution in [3.8, 4) is 28.7 Å². The average Bonchev–Trinajstić information content (AvgIpc) is 2.89. The number of fused-ring (bicyclic) bond motifs is 6. The van der Waals surface area contributed by atoms with Gasteiger partial charge in [0, 0.05) is 17.0 Å². The molecule has 0 aliphatic carbocycles. The quantitative estimate of drug-likeness (QED) is 0.217. The lowest BCUT2D eigenvalue weighted by Crippen LogP contribution is -2.13. The van der Waals surface area contributed by atoms with Gasteiger partial charge in [-0.05, 0) is 99.6 Å². The summed E-state index contributed by atoms with van der Waals surface area (Å²) in [6.07, 6.45) is 4.68. The number of benzene rings is 5. The maximum absolute atomic E-state index is 10.9. The molecule has 0 saturated heterocycles. The second-order valence-corrected chi connectivity index (χ2v) is 9.47. The molecule has 3 N–H and O–H groups in total. The lowest BCUT2D eigenvalue weighted by atomic mass is 9.78. The predicted molar refractivity (Wildman–Crippen MR) is 148 cm³/mol. The standard InChI is InChI=1S/C33H26O4/c1-3-5-22-15-20-9-13-29-32(25(20)17-27(22)35)31(19-7-11-24(34)12-8-19)33-26-18-28(36)23(6-4-2)16-21(26)10-14-30(33)37-29/h3-4,7-18,31,34-36H,1-2,5-6H2. The minimum absolute atomic E-state index is 0.186. The minimum atomic E-state index is -0.263. The largest absolute Gasteiger partial charge is 0.508 e. The Kier molecular flexibility index (Phi) is 5.38. The molecule has 5 aromatic rings. The predicted octanol–water partition coefficient (Wildman–Crippen LogP) is 7.85. The third-order valence-corrected chi connectivity index (χ3v) is 7.19. The van der Waals surface area contributed by atoms with Crippen LogP contribution >= 0.6 is 0 Å². The van der Waals surface area contributed by atoms with Crippen LogP contribution in [0, 0.1) is 0 Å². The Morgan fingerprint density at radius 1 is 0.649 bits per heavy atom. The number of allylic oxidation sites excluding steroid dienone is 2. The Bertz CT molecular complexity index is 1610. The fraction of sp³-hybridized carbons (Fsp3) is 0.0909. The van der Waals surface area contributed by atoms with Crippen LogP contribution in [0.5, 0.6) is 28.7 Å². The molecule has 1 heterocycles. The van der Waals surface area contributed by atoms with E-state index in [4.69, 9.17) is 4.74 Å². The molecule has 0 radical (unpaired) electrons. The van der Waals surface area contributed by atoms with Crippen LogP contribution in [0.15, 0.2) is 98.1 Å². The van der Waals surface area contributed by atoms with E-state index in [9.17, 15) is 15.3 Å². The molecule has 4 nitrogen and oxygen atoms in total. The van der Waals surface area contributed by atoms with Gasteiger partial charge >= 0.3 is 0 Å². The highest BCUT2D eigenvalue weighted by Gasteiger charge is 2.32. The number of hydrogen-bond donors (Lipinski definition) is 3. The second-order valence-electron chi connectivity index (χ2n) is 9.47. The maximum Gasteiger partial charge on any atom is 0.132 e. The number of aromatic hydroxyl groups is 3. The Balaban J connectivity index is 1.69. The molecular weight excluding hydrogens is 460 g/mol. The van der Waals surface area contributed by atoms with Crippen LogP contribution in [0.4, 0.5) is 0 Å². The normalized spacial score (nSPS) is 12.6. The third-order valence-electron chi connectivity index (χ3n) is 7.19. The average molecular weight is 487 g/mol. The molecule has 0 bridgehead atoms. The summed E-state index contributed by atoms with van der Waals surface area (Å²) in [6, 6.07) is 22.7. The van der Waals surface area contributed by atoms with Gasteiger partial charge in [-0.15, -0.1) is 13.2 Å². The van der Waals surface area contributed by atoms with Gasteiger partial charge in [0.2, 0.25) is 0 Å². The molecule has 0 aromatic heterocycles. The van der Waals surface area contributed by atoms with Gasteiger partial charge in [0.15, 0.2) is 0 Å². The Morgan fingerprint density at radius 2 is 1.14 bits per heavy atom. The van der Waals surface area contributed by atoms with Crippen molar-refractivity contribution in [2.75, 3.05) is 0 Å².